The first-order valence-electron chi connectivity index (χ1n) is 8.89. The van der Waals surface area contributed by atoms with Crippen molar-refractivity contribution in [3.63, 3.8) is 0 Å². The zero-order chi connectivity index (χ0) is 21.5. The molecule has 30 heavy (non-hydrogen) atoms. The summed E-state index contributed by atoms with van der Waals surface area (Å²) in [5.74, 6) is -0.741. The number of aryl methyl sites for hydroxylation is 1. The number of rotatable bonds is 6. The summed E-state index contributed by atoms with van der Waals surface area (Å²) in [7, 11) is 0. The van der Waals surface area contributed by atoms with Gasteiger partial charge in [0.05, 0.1) is 16.7 Å². The zero-order valence-electron chi connectivity index (χ0n) is 15.9. The number of non-ortho nitro benzene ring substituents is 1. The van der Waals surface area contributed by atoms with E-state index in [2.05, 4.69) is 10.5 Å². The Kier molecular flexibility index (Phi) is 6.29. The van der Waals surface area contributed by atoms with Crippen molar-refractivity contribution >= 4 is 23.8 Å². The molecule has 150 valence electrons. The van der Waals surface area contributed by atoms with Crippen molar-refractivity contribution in [1.29, 1.82) is 0 Å². The van der Waals surface area contributed by atoms with E-state index in [0.717, 1.165) is 11.6 Å². The minimum absolute atomic E-state index is 0.113. The lowest BCUT2D eigenvalue weighted by Crippen LogP contribution is -2.17. The summed E-state index contributed by atoms with van der Waals surface area (Å²) in [6.07, 6.45) is 1.37. The standard InChI is InChI=1S/C22H17N3O5/c1-15-8-10-17(11-9-15)22(27)30-20-7-2-4-16(12-20)14-23-24-21(26)18-5-3-6-19(13-18)25(28)29/h2-14H,1H3,(H,24,26)/b23-14-. The van der Waals surface area contributed by atoms with Crippen LogP contribution in [0.2, 0.25) is 0 Å². The summed E-state index contributed by atoms with van der Waals surface area (Å²) >= 11 is 0. The number of ether oxygens (including phenoxy) is 1. The molecule has 1 amide bonds. The third-order valence-electron chi connectivity index (χ3n) is 4.05. The highest BCUT2D eigenvalue weighted by Crippen LogP contribution is 2.15. The molecule has 0 aromatic heterocycles. The number of hydrazone groups is 1. The van der Waals surface area contributed by atoms with E-state index in [-0.39, 0.29) is 11.3 Å². The van der Waals surface area contributed by atoms with Gasteiger partial charge < -0.3 is 4.74 Å². The van der Waals surface area contributed by atoms with E-state index in [4.69, 9.17) is 4.74 Å². The maximum absolute atomic E-state index is 12.2. The largest absolute Gasteiger partial charge is 0.423 e. The van der Waals surface area contributed by atoms with E-state index in [1.54, 1.807) is 36.4 Å². The fraction of sp³-hybridized carbons (Fsp3) is 0.0455. The summed E-state index contributed by atoms with van der Waals surface area (Å²) in [5.41, 5.74) is 4.29. The molecular formula is C22H17N3O5. The third kappa shape index (κ3) is 5.35. The summed E-state index contributed by atoms with van der Waals surface area (Å²) in [6.45, 7) is 1.93. The van der Waals surface area contributed by atoms with E-state index in [1.165, 1.54) is 24.4 Å². The van der Waals surface area contributed by atoms with Gasteiger partial charge in [0.25, 0.3) is 11.6 Å². The smallest absolute Gasteiger partial charge is 0.343 e. The molecule has 0 saturated heterocycles. The number of hydrogen-bond acceptors (Lipinski definition) is 6. The molecule has 0 atom stereocenters. The van der Waals surface area contributed by atoms with Gasteiger partial charge in [0.15, 0.2) is 0 Å². The highest BCUT2D eigenvalue weighted by atomic mass is 16.6. The molecule has 0 spiro atoms. The zero-order valence-corrected chi connectivity index (χ0v) is 15.9. The number of benzene rings is 3. The van der Waals surface area contributed by atoms with Crippen LogP contribution in [0.25, 0.3) is 0 Å². The second kappa shape index (κ2) is 9.24. The Morgan fingerprint density at radius 3 is 2.47 bits per heavy atom. The topological polar surface area (TPSA) is 111 Å². The number of nitro groups is 1. The Morgan fingerprint density at radius 2 is 1.73 bits per heavy atom. The van der Waals surface area contributed by atoms with Crippen LogP contribution in [-0.4, -0.2) is 23.0 Å². The van der Waals surface area contributed by atoms with Gasteiger partial charge in [0, 0.05) is 17.7 Å². The van der Waals surface area contributed by atoms with Crippen molar-refractivity contribution < 1.29 is 19.2 Å². The first kappa shape index (κ1) is 20.4. The quantitative estimate of drug-likeness (QED) is 0.221. The van der Waals surface area contributed by atoms with Crippen molar-refractivity contribution in [2.24, 2.45) is 5.10 Å². The van der Waals surface area contributed by atoms with Crippen LogP contribution in [0.3, 0.4) is 0 Å². The predicted octanol–water partition coefficient (Wildman–Crippen LogP) is 3.89. The fourth-order valence-corrected chi connectivity index (χ4v) is 2.50. The van der Waals surface area contributed by atoms with Gasteiger partial charge in [-0.25, -0.2) is 10.2 Å². The number of nitrogens with zero attached hydrogens (tertiary/aromatic N) is 2. The highest BCUT2D eigenvalue weighted by Gasteiger charge is 2.11. The number of amides is 1. The van der Waals surface area contributed by atoms with Crippen LogP contribution in [0.1, 0.15) is 31.8 Å². The summed E-state index contributed by atoms with van der Waals surface area (Å²) in [4.78, 5) is 34.5. The molecule has 0 aliphatic rings. The molecule has 0 saturated carbocycles. The molecular weight excluding hydrogens is 386 g/mol. The fourth-order valence-electron chi connectivity index (χ4n) is 2.50. The molecule has 3 aromatic carbocycles. The predicted molar refractivity (Wildman–Crippen MR) is 111 cm³/mol. The monoisotopic (exact) mass is 403 g/mol. The molecule has 0 fully saturated rings. The number of hydrogen-bond donors (Lipinski definition) is 1. The summed E-state index contributed by atoms with van der Waals surface area (Å²) < 4.78 is 5.36. The lowest BCUT2D eigenvalue weighted by atomic mass is 10.1. The Balaban J connectivity index is 1.63. The van der Waals surface area contributed by atoms with Gasteiger partial charge in [-0.05, 0) is 42.8 Å². The van der Waals surface area contributed by atoms with Gasteiger partial charge in [-0.15, -0.1) is 0 Å². The molecule has 8 nitrogen and oxygen atoms in total. The van der Waals surface area contributed by atoms with Gasteiger partial charge in [-0.3, -0.25) is 14.9 Å². The Bertz CT molecular complexity index is 1120. The summed E-state index contributed by atoms with van der Waals surface area (Å²) in [5, 5.41) is 14.6. The average molecular weight is 403 g/mol. The van der Waals surface area contributed by atoms with E-state index in [0.29, 0.717) is 16.9 Å². The average Bonchev–Trinajstić information content (AvgIpc) is 2.74. The first-order chi connectivity index (χ1) is 14.4. The van der Waals surface area contributed by atoms with Gasteiger partial charge in [0.1, 0.15) is 5.75 Å². The molecule has 0 radical (unpaired) electrons. The normalized spacial score (nSPS) is 10.6. The van der Waals surface area contributed by atoms with E-state index in [9.17, 15) is 19.7 Å². The lowest BCUT2D eigenvalue weighted by molar-refractivity contribution is -0.384. The number of nitro benzene ring substituents is 1. The Labute approximate surface area is 172 Å². The van der Waals surface area contributed by atoms with Crippen molar-refractivity contribution in [2.75, 3.05) is 0 Å². The molecule has 0 bridgehead atoms. The Morgan fingerprint density at radius 1 is 1.00 bits per heavy atom. The lowest BCUT2D eigenvalue weighted by Gasteiger charge is -2.05. The van der Waals surface area contributed by atoms with E-state index in [1.807, 2.05) is 19.1 Å². The highest BCUT2D eigenvalue weighted by molar-refractivity contribution is 5.95. The van der Waals surface area contributed by atoms with Crippen LogP contribution in [0.15, 0.2) is 77.9 Å². The molecule has 1 N–H and O–H groups in total. The van der Waals surface area contributed by atoms with Crippen molar-refractivity contribution in [3.8, 4) is 5.75 Å². The minimum atomic E-state index is -0.586. The maximum Gasteiger partial charge on any atom is 0.343 e. The maximum atomic E-state index is 12.2. The third-order valence-corrected chi connectivity index (χ3v) is 4.05. The number of carbonyl (C=O) groups is 2. The van der Waals surface area contributed by atoms with Gasteiger partial charge >= 0.3 is 5.97 Å². The first-order valence-corrected chi connectivity index (χ1v) is 8.89. The van der Waals surface area contributed by atoms with E-state index < -0.39 is 16.8 Å². The second-order valence-electron chi connectivity index (χ2n) is 6.33. The summed E-state index contributed by atoms with van der Waals surface area (Å²) in [6, 6.07) is 19.0. The number of carbonyl (C=O) groups excluding carboxylic acids is 2. The van der Waals surface area contributed by atoms with Gasteiger partial charge in [-0.2, -0.15) is 5.10 Å². The molecule has 8 heteroatoms. The van der Waals surface area contributed by atoms with Crippen LogP contribution in [0, 0.1) is 17.0 Å². The van der Waals surface area contributed by atoms with Crippen molar-refractivity contribution in [2.45, 2.75) is 6.92 Å². The molecule has 3 aromatic rings. The van der Waals surface area contributed by atoms with Gasteiger partial charge in [0.2, 0.25) is 0 Å². The van der Waals surface area contributed by atoms with E-state index >= 15 is 0 Å². The van der Waals surface area contributed by atoms with Crippen LogP contribution in [0.4, 0.5) is 5.69 Å². The van der Waals surface area contributed by atoms with Crippen molar-refractivity contribution in [3.05, 3.63) is 105 Å². The molecule has 0 aliphatic heterocycles. The number of nitrogens with one attached hydrogen (secondary N) is 1. The van der Waals surface area contributed by atoms with Gasteiger partial charge in [-0.1, -0.05) is 35.9 Å². The molecule has 3 rings (SSSR count). The Hall–Kier alpha value is -4.33. The number of esters is 1. The minimum Gasteiger partial charge on any atom is -0.423 e. The molecule has 0 heterocycles. The van der Waals surface area contributed by atoms with Crippen molar-refractivity contribution in [1.82, 2.24) is 5.43 Å². The van der Waals surface area contributed by atoms with Crippen LogP contribution < -0.4 is 10.2 Å². The molecule has 0 unspecified atom stereocenters. The second-order valence-corrected chi connectivity index (χ2v) is 6.33. The SMILES string of the molecule is Cc1ccc(C(=O)Oc2cccc(/C=N\NC(=O)c3cccc([N+](=O)[O-])c3)c2)cc1. The van der Waals surface area contributed by atoms with Crippen LogP contribution in [0.5, 0.6) is 5.75 Å². The van der Waals surface area contributed by atoms with Crippen LogP contribution in [-0.2, 0) is 0 Å². The van der Waals surface area contributed by atoms with Crippen LogP contribution >= 0.6 is 0 Å². The molecule has 0 aliphatic carbocycles.